The Morgan fingerprint density at radius 1 is 0.531 bits per heavy atom. The summed E-state index contributed by atoms with van der Waals surface area (Å²) in [4.78, 5) is 178. The van der Waals surface area contributed by atoms with Gasteiger partial charge in [-0.25, -0.2) is 22.7 Å². The number of carbonyl (C=O) groups is 12. The summed E-state index contributed by atoms with van der Waals surface area (Å²) in [5.41, 5.74) is -1.24. The molecule has 2 saturated heterocycles. The average molecular weight is 1780 g/mol. The number of carboxylic acid groups (broad SMARTS) is 1. The van der Waals surface area contributed by atoms with Gasteiger partial charge in [-0.15, -0.1) is 11.7 Å². The molecule has 12 atom stereocenters. The van der Waals surface area contributed by atoms with Gasteiger partial charge in [-0.1, -0.05) is 175 Å². The molecule has 0 unspecified atom stereocenters. The first-order chi connectivity index (χ1) is 60.0. The maximum Gasteiger partial charge on any atom is 0.410 e. The number of ether oxygens (including phenoxy) is 4. The molecule has 7 aromatic rings. The lowest BCUT2D eigenvalue weighted by atomic mass is 9.85. The van der Waals surface area contributed by atoms with E-state index in [9.17, 15) is 47.1 Å². The molecule has 32 nitrogen and oxygen atoms in total. The summed E-state index contributed by atoms with van der Waals surface area (Å²) in [7, 11) is -1.45. The van der Waals surface area contributed by atoms with Crippen molar-refractivity contribution in [3.8, 4) is 11.5 Å². The SMILES string of the molecule is C=CCOc1ccc(C[C@H](CC(=O)[C@H](Cc2ccc3ccccc3c2)NC(=O)[C@@H]2C[C@H](n3cc(COc4ccc(C[C@H](NC(=O)[C@H](Cc5ccc6ccccc6c5)NC(=O)[C@@H]5C[C@H](CC=C)CN5C(=O)[C@@H](NC(=O)[C@H](C)N(C)C(=O)OC(C)(C)C)C(C)(C)C)C(=O)NS(C)(=O)=O)cc4)nn3)CN2C(=O)[C@@H](NC(=O)[C@H](C)N(C)C(=O)OC(C)(C)C)C(C)(C)C)C(=O)O)cc1. The summed E-state index contributed by atoms with van der Waals surface area (Å²) < 4.78 is 52.0. The fourth-order valence-electron chi connectivity index (χ4n) is 15.2. The molecule has 0 bridgehead atoms. The number of likely N-dealkylation sites (N-methyl/N-ethyl adjacent to an activating group) is 2. The maximum atomic E-state index is 15.6. The van der Waals surface area contributed by atoms with E-state index in [-0.39, 0.29) is 82.2 Å². The van der Waals surface area contributed by atoms with E-state index in [1.54, 1.807) is 156 Å². The number of nitrogens with one attached hydrogen (secondary N) is 6. The lowest BCUT2D eigenvalue weighted by molar-refractivity contribution is -0.145. The Balaban J connectivity index is 0.959. The monoisotopic (exact) mass is 1780 g/mol. The van der Waals surface area contributed by atoms with Crippen LogP contribution in [0, 0.1) is 22.7 Å². The third kappa shape index (κ3) is 27.7. The van der Waals surface area contributed by atoms with Crippen LogP contribution in [0.1, 0.15) is 157 Å². The number of allylic oxidation sites excluding steroid dienone is 1. The van der Waals surface area contributed by atoms with E-state index in [0.717, 1.165) is 37.6 Å². The maximum absolute atomic E-state index is 15.6. The fraction of sp³-hybridized carbons (Fsp3) is 0.474. The van der Waals surface area contributed by atoms with Crippen LogP contribution in [0.3, 0.4) is 0 Å². The van der Waals surface area contributed by atoms with Crippen molar-refractivity contribution in [2.45, 2.75) is 227 Å². The molecule has 10 amide bonds. The first kappa shape index (κ1) is 99.2. The van der Waals surface area contributed by atoms with Crippen molar-refractivity contribution < 1.29 is 90.0 Å². The molecule has 2 aliphatic heterocycles. The Kier molecular flexibility index (Phi) is 32.8. The van der Waals surface area contributed by atoms with Gasteiger partial charge in [0.15, 0.2) is 5.78 Å². The first-order valence-corrected chi connectivity index (χ1v) is 44.7. The largest absolute Gasteiger partial charge is 0.490 e. The predicted molar refractivity (Wildman–Crippen MR) is 482 cm³/mol. The van der Waals surface area contributed by atoms with Crippen molar-refractivity contribution in [3.05, 3.63) is 193 Å². The molecule has 2 fully saturated rings. The molecule has 2 aliphatic rings. The Labute approximate surface area is 748 Å². The summed E-state index contributed by atoms with van der Waals surface area (Å²) in [5.74, 6) is -8.72. The van der Waals surface area contributed by atoms with E-state index < -0.39 is 176 Å². The number of hydrogen-bond donors (Lipinski definition) is 7. The lowest BCUT2D eigenvalue weighted by Crippen LogP contribution is -2.61. The Bertz CT molecular complexity index is 5340. The van der Waals surface area contributed by atoms with Crippen LogP contribution in [0.25, 0.3) is 21.5 Å². The molecular weight excluding hydrogens is 1660 g/mol. The van der Waals surface area contributed by atoms with Gasteiger partial charge in [0.25, 0.3) is 5.91 Å². The van der Waals surface area contributed by atoms with Crippen molar-refractivity contribution in [3.63, 3.8) is 0 Å². The number of sulfonamides is 1. The highest BCUT2D eigenvalue weighted by molar-refractivity contribution is 7.89. The van der Waals surface area contributed by atoms with E-state index in [1.165, 1.54) is 42.4 Å². The first-order valence-electron chi connectivity index (χ1n) is 42.8. The number of nitrogens with zero attached hydrogens (tertiary/aromatic N) is 7. The standard InChI is InChI=1S/C95H123N13O19S/c1-20-26-63-50-76(106(53-63)87(116)79(92(5,6)7)99-81(110)57(3)104(17)90(120)126-94(11,12)13)85(114)98-74(49-62-32-38-65-28-23-25-30-67(65)46-62)83(112)97-75(84(113)102-128(19,122)123)47-60-35-41-72(42-36-60)125-56-69-54-108(103-101-69)70-52-77(107(55-70)88(117)80(93(8,9)10)100-82(111)58(4)105(18)91(121)127-95(14,15)16)86(115)96-73(48-61-31-37-64-27-22-24-29-66(64)45-61)78(109)51-68(89(118)119)44-59-33-39-71(40-34-59)124-43-21-2/h20-25,27-42,45-46,54,57-58,63,68,70,73-77,79-80H,1-2,26,43-44,47-53,55-56H2,3-19H3,(H,96,115)(H,97,112)(H,98,114)(H,99,110)(H,100,111)(H,102,113)(H,118,119)/t57-,58-,63-,68+,70-,73-,74-,75-,76-,77-,79+,80+/m0/s1. The predicted octanol–water partition coefficient (Wildman–Crippen LogP) is 9.70. The molecule has 33 heteroatoms. The highest BCUT2D eigenvalue weighted by Gasteiger charge is 2.49. The fourth-order valence-corrected chi connectivity index (χ4v) is 15.7. The van der Waals surface area contributed by atoms with Crippen LogP contribution in [-0.4, -0.2) is 225 Å². The van der Waals surface area contributed by atoms with Gasteiger partial charge >= 0.3 is 18.2 Å². The summed E-state index contributed by atoms with van der Waals surface area (Å²) in [6.45, 7) is 31.0. The summed E-state index contributed by atoms with van der Waals surface area (Å²) in [5, 5.41) is 37.2. The molecule has 0 spiro atoms. The molecular formula is C95H123N13O19S. The van der Waals surface area contributed by atoms with Gasteiger partial charge in [0, 0.05) is 52.9 Å². The number of fused-ring (bicyclic) bond motifs is 2. The zero-order valence-electron chi connectivity index (χ0n) is 76.1. The number of hydrogen-bond acceptors (Lipinski definition) is 20. The second-order valence-electron chi connectivity index (χ2n) is 37.4. The summed E-state index contributed by atoms with van der Waals surface area (Å²) in [6.07, 6.45) is 3.38. The number of carboxylic acids is 1. The number of aromatic nitrogens is 3. The third-order valence-electron chi connectivity index (χ3n) is 22.4. The number of carbonyl (C=O) groups excluding carboxylic acids is 11. The molecule has 688 valence electrons. The number of aliphatic carboxylic acids is 1. The molecule has 3 heterocycles. The van der Waals surface area contributed by atoms with Gasteiger partial charge in [0.2, 0.25) is 51.4 Å². The van der Waals surface area contributed by atoms with Crippen molar-refractivity contribution >= 4 is 103 Å². The Morgan fingerprint density at radius 3 is 1.44 bits per heavy atom. The van der Waals surface area contributed by atoms with Crippen LogP contribution in [0.4, 0.5) is 9.59 Å². The number of benzene rings is 6. The minimum Gasteiger partial charge on any atom is -0.490 e. The Hall–Kier alpha value is -12.5. The van der Waals surface area contributed by atoms with Crippen LogP contribution in [0.5, 0.6) is 11.5 Å². The lowest BCUT2D eigenvalue weighted by Gasteiger charge is -2.37. The quantitative estimate of drug-likeness (QED) is 0.0178. The smallest absolute Gasteiger partial charge is 0.410 e. The Morgan fingerprint density at radius 2 is 0.969 bits per heavy atom. The molecule has 7 N–H and O–H groups in total. The number of amides is 10. The zero-order valence-corrected chi connectivity index (χ0v) is 76.9. The van der Waals surface area contributed by atoms with Crippen molar-refractivity contribution in [1.29, 1.82) is 0 Å². The molecule has 128 heavy (non-hydrogen) atoms. The van der Waals surface area contributed by atoms with Crippen LogP contribution >= 0.6 is 0 Å². The van der Waals surface area contributed by atoms with Crippen molar-refractivity contribution in [2.24, 2.45) is 22.7 Å². The second kappa shape index (κ2) is 42.4. The third-order valence-corrected chi connectivity index (χ3v) is 23.0. The van der Waals surface area contributed by atoms with Gasteiger partial charge in [-0.3, -0.25) is 62.5 Å². The second-order valence-corrected chi connectivity index (χ2v) is 39.1. The highest BCUT2D eigenvalue weighted by Crippen LogP contribution is 2.35. The van der Waals surface area contributed by atoms with Gasteiger partial charge in [0.05, 0.1) is 30.5 Å². The molecule has 1 aromatic heterocycles. The number of Topliss-reactive ketones (excluding diaryl/α,β-unsaturated/α-hetero) is 1. The van der Waals surface area contributed by atoms with Crippen molar-refractivity contribution in [1.82, 2.24) is 65.9 Å². The molecule has 0 aliphatic carbocycles. The van der Waals surface area contributed by atoms with Gasteiger partial charge in [-0.2, -0.15) is 0 Å². The van der Waals surface area contributed by atoms with Crippen LogP contribution in [0.2, 0.25) is 0 Å². The van der Waals surface area contributed by atoms with E-state index in [2.05, 4.69) is 50.1 Å². The van der Waals surface area contributed by atoms with Crippen molar-refractivity contribution in [2.75, 3.05) is 40.0 Å². The van der Waals surface area contributed by atoms with Gasteiger partial charge in [0.1, 0.15) is 89.9 Å². The van der Waals surface area contributed by atoms with E-state index >= 15 is 24.0 Å². The molecule has 9 rings (SSSR count). The number of likely N-dealkylation sites (tertiary alicyclic amines) is 2. The molecule has 6 aromatic carbocycles. The van der Waals surface area contributed by atoms with E-state index in [1.807, 2.05) is 83.6 Å². The van der Waals surface area contributed by atoms with E-state index in [4.69, 9.17) is 18.9 Å². The number of ketones is 1. The van der Waals surface area contributed by atoms with E-state index in [0.29, 0.717) is 34.4 Å². The average Bonchev–Trinajstić information content (AvgIpc) is 1.62. The van der Waals surface area contributed by atoms with Crippen LogP contribution in [-0.2, 0) is 99.7 Å². The zero-order chi connectivity index (χ0) is 94.2. The van der Waals surface area contributed by atoms with Crippen LogP contribution in [0.15, 0.2) is 165 Å². The normalized spacial score (nSPS) is 17.3. The van der Waals surface area contributed by atoms with Gasteiger partial charge < -0.3 is 60.4 Å². The van der Waals surface area contributed by atoms with Crippen LogP contribution < -0.4 is 40.8 Å². The summed E-state index contributed by atoms with van der Waals surface area (Å²) in [6, 6.07) is 26.6. The highest BCUT2D eigenvalue weighted by atomic mass is 32.2. The minimum absolute atomic E-state index is 0.0422. The molecule has 0 saturated carbocycles. The minimum atomic E-state index is -4.25. The molecule has 0 radical (unpaired) electrons. The number of rotatable bonds is 37. The summed E-state index contributed by atoms with van der Waals surface area (Å²) >= 11 is 0. The van der Waals surface area contributed by atoms with Gasteiger partial charge in [-0.05, 0) is 166 Å². The topological polar surface area (TPSA) is 412 Å².